The molecule has 0 fully saturated rings. The third-order valence-electron chi connectivity index (χ3n) is 2.04. The molecule has 0 aliphatic carbocycles. The van der Waals surface area contributed by atoms with Crippen molar-refractivity contribution < 1.29 is 4.79 Å². The molecule has 0 bridgehead atoms. The molecule has 1 amide bonds. The maximum Gasteiger partial charge on any atom is 0.220 e. The number of hydrogen-bond acceptors (Lipinski definition) is 1. The number of amides is 1. The summed E-state index contributed by atoms with van der Waals surface area (Å²) in [7, 11) is 0. The molecular formula is C10H19Cl2NO. The molecule has 0 radical (unpaired) electrons. The average Bonchev–Trinajstić information content (AvgIpc) is 2.18. The van der Waals surface area contributed by atoms with Gasteiger partial charge in [-0.1, -0.05) is 19.8 Å². The number of unbranched alkanes of at least 4 members (excludes halogenated alkanes) is 2. The Labute approximate surface area is 96.3 Å². The summed E-state index contributed by atoms with van der Waals surface area (Å²) < 4.78 is 0. The minimum absolute atomic E-state index is 0.0438. The molecule has 4 heteroatoms. The zero-order valence-electron chi connectivity index (χ0n) is 8.91. The maximum atomic E-state index is 11.4. The molecule has 0 aromatic carbocycles. The molecule has 0 unspecified atom stereocenters. The lowest BCUT2D eigenvalue weighted by atomic mass is 10.1. The predicted molar refractivity (Wildman–Crippen MR) is 62.1 cm³/mol. The van der Waals surface area contributed by atoms with Gasteiger partial charge in [-0.15, -0.1) is 23.2 Å². The van der Waals surface area contributed by atoms with Crippen LogP contribution in [-0.2, 0) is 4.79 Å². The Morgan fingerprint density at radius 1 is 1.29 bits per heavy atom. The molecule has 0 rings (SSSR count). The monoisotopic (exact) mass is 239 g/mol. The second kappa shape index (κ2) is 7.36. The molecule has 1 N–H and O–H groups in total. The van der Waals surface area contributed by atoms with Crippen LogP contribution in [0.1, 0.15) is 39.5 Å². The topological polar surface area (TPSA) is 29.1 Å². The molecule has 0 aromatic rings. The molecule has 0 spiro atoms. The molecule has 0 saturated carbocycles. The number of carbonyl (C=O) groups excluding carboxylic acids is 1. The first-order valence-electron chi connectivity index (χ1n) is 5.01. The standard InChI is InChI=1S/C10H19Cl2NO/c1-3-4-5-6-9(14)13-10(2,7-11)8-12/h3-8H2,1-2H3,(H,13,14). The molecule has 0 heterocycles. The lowest BCUT2D eigenvalue weighted by Gasteiger charge is -2.25. The minimum Gasteiger partial charge on any atom is -0.349 e. The lowest BCUT2D eigenvalue weighted by molar-refractivity contribution is -0.122. The van der Waals surface area contributed by atoms with Gasteiger partial charge in [0, 0.05) is 18.2 Å². The molecule has 0 aliphatic heterocycles. The molecule has 2 nitrogen and oxygen atoms in total. The van der Waals surface area contributed by atoms with Crippen molar-refractivity contribution in [2.24, 2.45) is 0 Å². The summed E-state index contributed by atoms with van der Waals surface area (Å²) in [4.78, 5) is 11.4. The van der Waals surface area contributed by atoms with Crippen LogP contribution in [0.15, 0.2) is 0 Å². The van der Waals surface area contributed by atoms with Crippen molar-refractivity contribution in [1.29, 1.82) is 0 Å². The van der Waals surface area contributed by atoms with Crippen molar-refractivity contribution in [2.75, 3.05) is 11.8 Å². The van der Waals surface area contributed by atoms with Gasteiger partial charge in [0.25, 0.3) is 0 Å². The van der Waals surface area contributed by atoms with Gasteiger partial charge in [0.1, 0.15) is 0 Å². The Morgan fingerprint density at radius 2 is 1.86 bits per heavy atom. The lowest BCUT2D eigenvalue weighted by Crippen LogP contribution is -2.49. The van der Waals surface area contributed by atoms with E-state index in [2.05, 4.69) is 12.2 Å². The molecule has 0 saturated heterocycles. The van der Waals surface area contributed by atoms with Crippen molar-refractivity contribution >= 4 is 29.1 Å². The van der Waals surface area contributed by atoms with E-state index in [1.165, 1.54) is 0 Å². The zero-order chi connectivity index (χ0) is 11.0. The van der Waals surface area contributed by atoms with Crippen LogP contribution in [0.2, 0.25) is 0 Å². The molecule has 84 valence electrons. The highest BCUT2D eigenvalue weighted by molar-refractivity contribution is 6.22. The second-order valence-corrected chi connectivity index (χ2v) is 4.37. The van der Waals surface area contributed by atoms with Crippen molar-refractivity contribution in [2.45, 2.75) is 45.1 Å². The summed E-state index contributed by atoms with van der Waals surface area (Å²) >= 11 is 11.4. The summed E-state index contributed by atoms with van der Waals surface area (Å²) in [5.41, 5.74) is -0.466. The van der Waals surface area contributed by atoms with Crippen molar-refractivity contribution in [3.8, 4) is 0 Å². The van der Waals surface area contributed by atoms with Crippen molar-refractivity contribution in [1.82, 2.24) is 5.32 Å². The average molecular weight is 240 g/mol. The van der Waals surface area contributed by atoms with Gasteiger partial charge in [0.05, 0.1) is 5.54 Å². The van der Waals surface area contributed by atoms with Gasteiger partial charge in [0.15, 0.2) is 0 Å². The number of rotatable bonds is 7. The van der Waals surface area contributed by atoms with Crippen LogP contribution in [-0.4, -0.2) is 23.2 Å². The zero-order valence-corrected chi connectivity index (χ0v) is 10.4. The number of hydrogen-bond donors (Lipinski definition) is 1. The first-order chi connectivity index (χ1) is 6.58. The van der Waals surface area contributed by atoms with Crippen LogP contribution in [0.5, 0.6) is 0 Å². The van der Waals surface area contributed by atoms with Crippen molar-refractivity contribution in [3.63, 3.8) is 0 Å². The number of carbonyl (C=O) groups is 1. The third-order valence-corrected chi connectivity index (χ3v) is 3.22. The number of nitrogens with one attached hydrogen (secondary N) is 1. The largest absolute Gasteiger partial charge is 0.349 e. The Hall–Kier alpha value is 0.0500. The fourth-order valence-corrected chi connectivity index (χ4v) is 1.46. The fraction of sp³-hybridized carbons (Fsp3) is 0.900. The highest BCUT2D eigenvalue weighted by atomic mass is 35.5. The van der Waals surface area contributed by atoms with E-state index in [0.29, 0.717) is 18.2 Å². The Kier molecular flexibility index (Phi) is 7.38. The predicted octanol–water partition coefficient (Wildman–Crippen LogP) is 2.92. The highest BCUT2D eigenvalue weighted by Crippen LogP contribution is 2.10. The summed E-state index contributed by atoms with van der Waals surface area (Å²) in [6.07, 6.45) is 3.71. The first kappa shape index (κ1) is 14.1. The third kappa shape index (κ3) is 5.71. The summed E-state index contributed by atoms with van der Waals surface area (Å²) in [6.45, 7) is 3.96. The van der Waals surface area contributed by atoms with Gasteiger partial charge in [-0.3, -0.25) is 4.79 Å². The van der Waals surface area contributed by atoms with Gasteiger partial charge in [0.2, 0.25) is 5.91 Å². The maximum absolute atomic E-state index is 11.4. The molecule has 0 atom stereocenters. The Morgan fingerprint density at radius 3 is 2.29 bits per heavy atom. The molecular weight excluding hydrogens is 221 g/mol. The van der Waals surface area contributed by atoms with E-state index >= 15 is 0 Å². The van der Waals surface area contributed by atoms with E-state index in [0.717, 1.165) is 19.3 Å². The van der Waals surface area contributed by atoms with Gasteiger partial charge < -0.3 is 5.32 Å². The SMILES string of the molecule is CCCCCC(=O)NC(C)(CCl)CCl. The first-order valence-corrected chi connectivity index (χ1v) is 6.08. The molecule has 0 aliphatic rings. The van der Waals surface area contributed by atoms with E-state index in [1.54, 1.807) is 0 Å². The van der Waals surface area contributed by atoms with Crippen LogP contribution in [0.25, 0.3) is 0 Å². The van der Waals surface area contributed by atoms with Crippen molar-refractivity contribution in [3.05, 3.63) is 0 Å². The highest BCUT2D eigenvalue weighted by Gasteiger charge is 2.23. The van der Waals surface area contributed by atoms with E-state index in [9.17, 15) is 4.79 Å². The van der Waals surface area contributed by atoms with E-state index in [4.69, 9.17) is 23.2 Å². The normalized spacial score (nSPS) is 11.4. The van der Waals surface area contributed by atoms with Crippen LogP contribution in [0.3, 0.4) is 0 Å². The Balaban J connectivity index is 3.80. The quantitative estimate of drug-likeness (QED) is 0.538. The minimum atomic E-state index is -0.466. The van der Waals surface area contributed by atoms with Crippen LogP contribution in [0.4, 0.5) is 0 Å². The number of halogens is 2. The fourth-order valence-electron chi connectivity index (χ4n) is 1.04. The van der Waals surface area contributed by atoms with E-state index in [1.807, 2.05) is 6.92 Å². The van der Waals surface area contributed by atoms with Gasteiger partial charge in [-0.05, 0) is 13.3 Å². The molecule has 14 heavy (non-hydrogen) atoms. The number of alkyl halides is 2. The van der Waals surface area contributed by atoms with Gasteiger partial charge in [-0.25, -0.2) is 0 Å². The summed E-state index contributed by atoms with van der Waals surface area (Å²) in [5.74, 6) is 0.730. The van der Waals surface area contributed by atoms with Crippen LogP contribution >= 0.6 is 23.2 Å². The van der Waals surface area contributed by atoms with Gasteiger partial charge in [-0.2, -0.15) is 0 Å². The van der Waals surface area contributed by atoms with Crippen LogP contribution < -0.4 is 5.32 Å². The summed E-state index contributed by atoms with van der Waals surface area (Å²) in [6, 6.07) is 0. The summed E-state index contributed by atoms with van der Waals surface area (Å²) in [5, 5.41) is 2.85. The van der Waals surface area contributed by atoms with Crippen LogP contribution in [0, 0.1) is 0 Å². The van der Waals surface area contributed by atoms with E-state index in [-0.39, 0.29) is 5.91 Å². The smallest absolute Gasteiger partial charge is 0.220 e. The Bertz CT molecular complexity index is 170. The van der Waals surface area contributed by atoms with E-state index < -0.39 is 5.54 Å². The van der Waals surface area contributed by atoms with Gasteiger partial charge >= 0.3 is 0 Å². The second-order valence-electron chi connectivity index (χ2n) is 3.83. The molecule has 0 aromatic heterocycles.